The number of nitrogens with zero attached hydrogens (tertiary/aromatic N) is 1. The summed E-state index contributed by atoms with van der Waals surface area (Å²) in [5, 5.41) is 6.01. The van der Waals surface area contributed by atoms with E-state index in [4.69, 9.17) is 9.47 Å². The van der Waals surface area contributed by atoms with Gasteiger partial charge >= 0.3 is 6.03 Å². The number of carbonyl (C=O) groups is 1. The molecule has 2 heterocycles. The van der Waals surface area contributed by atoms with Gasteiger partial charge in [0, 0.05) is 31.8 Å². The molecule has 0 radical (unpaired) electrons. The van der Waals surface area contributed by atoms with Crippen LogP contribution in [0.15, 0.2) is 0 Å². The molecule has 0 spiro atoms. The van der Waals surface area contributed by atoms with Crippen LogP contribution in [-0.2, 0) is 9.47 Å². The summed E-state index contributed by atoms with van der Waals surface area (Å²) in [6.45, 7) is 13.7. The van der Waals surface area contributed by atoms with E-state index in [2.05, 4.69) is 43.2 Å². The van der Waals surface area contributed by atoms with Crippen molar-refractivity contribution in [3.63, 3.8) is 0 Å². The number of rotatable bonds is 5. The summed E-state index contributed by atoms with van der Waals surface area (Å²) in [5.74, 6) is 0. The molecule has 4 atom stereocenters. The third-order valence-corrected chi connectivity index (χ3v) is 4.84. The van der Waals surface area contributed by atoms with Gasteiger partial charge in [-0.15, -0.1) is 0 Å². The van der Waals surface area contributed by atoms with Crippen molar-refractivity contribution in [1.82, 2.24) is 15.5 Å². The highest BCUT2D eigenvalue weighted by molar-refractivity contribution is 5.74. The maximum absolute atomic E-state index is 12.1. The third kappa shape index (κ3) is 5.33. The van der Waals surface area contributed by atoms with Crippen molar-refractivity contribution in [2.45, 2.75) is 77.4 Å². The highest BCUT2D eigenvalue weighted by Gasteiger charge is 2.33. The average molecular weight is 327 g/mol. The van der Waals surface area contributed by atoms with Crippen LogP contribution in [0.2, 0.25) is 0 Å². The summed E-state index contributed by atoms with van der Waals surface area (Å²) < 4.78 is 11.4. The molecule has 2 fully saturated rings. The zero-order chi connectivity index (χ0) is 17.0. The third-order valence-electron chi connectivity index (χ3n) is 4.84. The summed E-state index contributed by atoms with van der Waals surface area (Å²) in [4.78, 5) is 14.5. The standard InChI is InChI=1S/C17H33N3O3/c1-12-9-20(10-13(2)23-12)17(4,5)11-18-16(21)19-14(3)15-7-6-8-22-15/h12-15H,6-11H2,1-5H3,(H2,18,19,21). The molecule has 2 amide bonds. The Morgan fingerprint density at radius 3 is 2.52 bits per heavy atom. The van der Waals surface area contributed by atoms with Crippen LogP contribution in [-0.4, -0.2) is 67.1 Å². The topological polar surface area (TPSA) is 62.8 Å². The van der Waals surface area contributed by atoms with E-state index in [1.165, 1.54) is 0 Å². The highest BCUT2D eigenvalue weighted by Crippen LogP contribution is 2.20. The lowest BCUT2D eigenvalue weighted by Crippen LogP contribution is -2.59. The molecule has 6 nitrogen and oxygen atoms in total. The Kier molecular flexibility index (Phi) is 6.28. The van der Waals surface area contributed by atoms with Crippen LogP contribution in [0.3, 0.4) is 0 Å². The largest absolute Gasteiger partial charge is 0.376 e. The highest BCUT2D eigenvalue weighted by atomic mass is 16.5. The Morgan fingerprint density at radius 1 is 1.30 bits per heavy atom. The molecule has 6 heteroatoms. The van der Waals surface area contributed by atoms with E-state index < -0.39 is 0 Å². The smallest absolute Gasteiger partial charge is 0.315 e. The maximum Gasteiger partial charge on any atom is 0.315 e. The van der Waals surface area contributed by atoms with Crippen molar-refractivity contribution < 1.29 is 14.3 Å². The van der Waals surface area contributed by atoms with Crippen LogP contribution in [0.1, 0.15) is 47.5 Å². The predicted molar refractivity (Wildman–Crippen MR) is 90.6 cm³/mol. The summed E-state index contributed by atoms with van der Waals surface area (Å²) in [5.41, 5.74) is -0.100. The fourth-order valence-electron chi connectivity index (χ4n) is 3.43. The normalized spacial score (nSPS) is 30.9. The van der Waals surface area contributed by atoms with Gasteiger partial charge in [0.2, 0.25) is 0 Å². The molecule has 134 valence electrons. The van der Waals surface area contributed by atoms with Crippen LogP contribution >= 0.6 is 0 Å². The molecule has 2 rings (SSSR count). The second kappa shape index (κ2) is 7.81. The maximum atomic E-state index is 12.1. The quantitative estimate of drug-likeness (QED) is 0.807. The number of nitrogens with one attached hydrogen (secondary N) is 2. The van der Waals surface area contributed by atoms with Crippen LogP contribution in [0.5, 0.6) is 0 Å². The Balaban J connectivity index is 1.77. The number of morpholine rings is 1. The zero-order valence-electron chi connectivity index (χ0n) is 15.2. The zero-order valence-corrected chi connectivity index (χ0v) is 15.2. The summed E-state index contributed by atoms with van der Waals surface area (Å²) >= 11 is 0. The van der Waals surface area contributed by atoms with Gasteiger partial charge in [0.1, 0.15) is 0 Å². The van der Waals surface area contributed by atoms with Crippen molar-refractivity contribution in [1.29, 1.82) is 0 Å². The van der Waals surface area contributed by atoms with Gasteiger partial charge in [-0.1, -0.05) is 0 Å². The Hall–Kier alpha value is -0.850. The molecule has 4 unspecified atom stereocenters. The van der Waals surface area contributed by atoms with E-state index in [-0.39, 0.29) is 35.9 Å². The molecule has 2 aliphatic heterocycles. The lowest BCUT2D eigenvalue weighted by molar-refractivity contribution is -0.0947. The number of hydrogen-bond donors (Lipinski definition) is 2. The van der Waals surface area contributed by atoms with Gasteiger partial charge < -0.3 is 20.1 Å². The van der Waals surface area contributed by atoms with Crippen LogP contribution < -0.4 is 10.6 Å². The number of urea groups is 1. The lowest BCUT2D eigenvalue weighted by Gasteiger charge is -2.45. The number of amides is 2. The van der Waals surface area contributed by atoms with Gasteiger partial charge in [-0.2, -0.15) is 0 Å². The number of carbonyl (C=O) groups excluding carboxylic acids is 1. The molecule has 0 aromatic heterocycles. The van der Waals surface area contributed by atoms with Gasteiger partial charge in [0.25, 0.3) is 0 Å². The van der Waals surface area contributed by atoms with E-state index >= 15 is 0 Å². The second-order valence-electron chi connectivity index (χ2n) is 7.64. The first-order valence-corrected chi connectivity index (χ1v) is 8.84. The molecule has 23 heavy (non-hydrogen) atoms. The van der Waals surface area contributed by atoms with E-state index in [9.17, 15) is 4.79 Å². The fourth-order valence-corrected chi connectivity index (χ4v) is 3.43. The first-order valence-electron chi connectivity index (χ1n) is 8.84. The van der Waals surface area contributed by atoms with Crippen LogP contribution in [0.25, 0.3) is 0 Å². The average Bonchev–Trinajstić information content (AvgIpc) is 2.98. The summed E-state index contributed by atoms with van der Waals surface area (Å²) in [6.07, 6.45) is 2.71. The molecule has 0 saturated carbocycles. The molecule has 2 saturated heterocycles. The van der Waals surface area contributed by atoms with Crippen molar-refractivity contribution >= 4 is 6.03 Å². The number of hydrogen-bond acceptors (Lipinski definition) is 4. The molecular formula is C17H33N3O3. The fraction of sp³-hybridized carbons (Fsp3) is 0.941. The van der Waals surface area contributed by atoms with Gasteiger partial charge in [0.05, 0.1) is 24.4 Å². The van der Waals surface area contributed by atoms with Crippen LogP contribution in [0, 0.1) is 0 Å². The van der Waals surface area contributed by atoms with Gasteiger partial charge in [-0.05, 0) is 47.5 Å². The Morgan fingerprint density at radius 2 is 1.96 bits per heavy atom. The minimum atomic E-state index is -0.115. The Bertz CT molecular complexity index is 387. The van der Waals surface area contributed by atoms with Crippen molar-refractivity contribution in [2.75, 3.05) is 26.2 Å². The van der Waals surface area contributed by atoms with Crippen molar-refractivity contribution in [3.8, 4) is 0 Å². The molecule has 0 aliphatic carbocycles. The van der Waals surface area contributed by atoms with Gasteiger partial charge in [-0.25, -0.2) is 4.79 Å². The molecule has 0 aromatic carbocycles. The van der Waals surface area contributed by atoms with Crippen molar-refractivity contribution in [2.24, 2.45) is 0 Å². The molecule has 0 aromatic rings. The van der Waals surface area contributed by atoms with Gasteiger partial charge in [0.15, 0.2) is 0 Å². The molecular weight excluding hydrogens is 294 g/mol. The first kappa shape index (κ1) is 18.5. The minimum absolute atomic E-state index is 0.0454. The van der Waals surface area contributed by atoms with Crippen molar-refractivity contribution in [3.05, 3.63) is 0 Å². The molecule has 2 N–H and O–H groups in total. The summed E-state index contributed by atoms with van der Waals surface area (Å²) in [7, 11) is 0. The minimum Gasteiger partial charge on any atom is -0.376 e. The first-order chi connectivity index (χ1) is 10.8. The summed E-state index contributed by atoms with van der Waals surface area (Å²) in [6, 6.07) is -0.0699. The molecule has 2 aliphatic rings. The monoisotopic (exact) mass is 327 g/mol. The molecule has 0 bridgehead atoms. The van der Waals surface area contributed by atoms with E-state index in [0.29, 0.717) is 6.54 Å². The number of ether oxygens (including phenoxy) is 2. The second-order valence-corrected chi connectivity index (χ2v) is 7.64. The lowest BCUT2D eigenvalue weighted by atomic mass is 10.00. The van der Waals surface area contributed by atoms with Gasteiger partial charge in [-0.3, -0.25) is 4.90 Å². The van der Waals surface area contributed by atoms with E-state index in [0.717, 1.165) is 32.5 Å². The SMILES string of the molecule is CC1CN(C(C)(C)CNC(=O)NC(C)C2CCCO2)CC(C)O1. The van der Waals surface area contributed by atoms with E-state index in [1.54, 1.807) is 0 Å². The van der Waals surface area contributed by atoms with E-state index in [1.807, 2.05) is 6.92 Å². The van der Waals surface area contributed by atoms with Crippen LogP contribution in [0.4, 0.5) is 4.79 Å². The Labute approximate surface area is 140 Å². The predicted octanol–water partition coefficient (Wildman–Crippen LogP) is 1.74.